The molecule has 0 aliphatic carbocycles. The highest BCUT2D eigenvalue weighted by Crippen LogP contribution is 2.23. The SMILES string of the molecule is Cc1cccc(NCC2CCN(c3ccc(C)c(C#N)n3)C2)n1. The summed E-state index contributed by atoms with van der Waals surface area (Å²) in [7, 11) is 0. The summed E-state index contributed by atoms with van der Waals surface area (Å²) in [6, 6.07) is 12.2. The van der Waals surface area contributed by atoms with Crippen LogP contribution in [0.5, 0.6) is 0 Å². The van der Waals surface area contributed by atoms with Crippen molar-refractivity contribution in [2.45, 2.75) is 20.3 Å². The van der Waals surface area contributed by atoms with E-state index in [-0.39, 0.29) is 0 Å². The van der Waals surface area contributed by atoms with E-state index < -0.39 is 0 Å². The number of aromatic nitrogens is 2. The Labute approximate surface area is 137 Å². The van der Waals surface area contributed by atoms with Gasteiger partial charge >= 0.3 is 0 Å². The van der Waals surface area contributed by atoms with Crippen molar-refractivity contribution in [3.05, 3.63) is 47.3 Å². The Morgan fingerprint density at radius 2 is 2.13 bits per heavy atom. The van der Waals surface area contributed by atoms with Crippen molar-refractivity contribution >= 4 is 11.6 Å². The Morgan fingerprint density at radius 1 is 1.26 bits per heavy atom. The minimum Gasteiger partial charge on any atom is -0.370 e. The molecule has 2 aromatic heterocycles. The van der Waals surface area contributed by atoms with Crippen LogP contribution in [0.2, 0.25) is 0 Å². The zero-order valence-electron chi connectivity index (χ0n) is 13.6. The molecule has 1 unspecified atom stereocenters. The molecule has 2 aromatic rings. The molecule has 23 heavy (non-hydrogen) atoms. The third-order valence-corrected chi connectivity index (χ3v) is 4.26. The van der Waals surface area contributed by atoms with E-state index >= 15 is 0 Å². The lowest BCUT2D eigenvalue weighted by molar-refractivity contribution is 0.620. The molecule has 1 atom stereocenters. The zero-order chi connectivity index (χ0) is 16.2. The topological polar surface area (TPSA) is 64.8 Å². The summed E-state index contributed by atoms with van der Waals surface area (Å²) in [5, 5.41) is 12.5. The maximum Gasteiger partial charge on any atom is 0.145 e. The number of pyridine rings is 2. The fraction of sp³-hybridized carbons (Fsp3) is 0.389. The second-order valence-corrected chi connectivity index (χ2v) is 6.09. The summed E-state index contributed by atoms with van der Waals surface area (Å²) in [5.74, 6) is 2.40. The Hall–Kier alpha value is -2.61. The van der Waals surface area contributed by atoms with Crippen LogP contribution >= 0.6 is 0 Å². The van der Waals surface area contributed by atoms with Gasteiger partial charge in [-0.25, -0.2) is 9.97 Å². The number of nitrogens with zero attached hydrogens (tertiary/aromatic N) is 4. The normalized spacial score (nSPS) is 17.1. The van der Waals surface area contributed by atoms with Crippen molar-refractivity contribution in [2.24, 2.45) is 5.92 Å². The molecule has 5 nitrogen and oxygen atoms in total. The van der Waals surface area contributed by atoms with Crippen molar-refractivity contribution in [3.8, 4) is 6.07 Å². The standard InChI is InChI=1S/C18H21N5/c1-13-6-7-18(22-16(13)10-19)23-9-8-15(12-23)11-20-17-5-3-4-14(2)21-17/h3-7,15H,8-9,11-12H2,1-2H3,(H,20,21). The maximum atomic E-state index is 9.12. The Kier molecular flexibility index (Phi) is 4.42. The van der Waals surface area contributed by atoms with Gasteiger partial charge in [-0.05, 0) is 49.9 Å². The van der Waals surface area contributed by atoms with Gasteiger partial charge in [-0.1, -0.05) is 12.1 Å². The second-order valence-electron chi connectivity index (χ2n) is 6.09. The molecule has 1 aliphatic rings. The molecule has 0 bridgehead atoms. The van der Waals surface area contributed by atoms with E-state index in [0.29, 0.717) is 11.6 Å². The average molecular weight is 307 g/mol. The minimum atomic E-state index is 0.521. The van der Waals surface area contributed by atoms with Crippen LogP contribution in [0.4, 0.5) is 11.6 Å². The lowest BCUT2D eigenvalue weighted by Gasteiger charge is -2.18. The molecule has 1 aliphatic heterocycles. The molecule has 0 amide bonds. The summed E-state index contributed by atoms with van der Waals surface area (Å²) in [6.45, 7) is 6.76. The predicted octanol–water partition coefficient (Wildman–Crippen LogP) is 2.90. The van der Waals surface area contributed by atoms with Crippen molar-refractivity contribution in [1.29, 1.82) is 5.26 Å². The minimum absolute atomic E-state index is 0.521. The number of anilines is 2. The first-order valence-corrected chi connectivity index (χ1v) is 7.96. The van der Waals surface area contributed by atoms with E-state index in [9.17, 15) is 0 Å². The quantitative estimate of drug-likeness (QED) is 0.941. The summed E-state index contributed by atoms with van der Waals surface area (Å²) >= 11 is 0. The molecule has 5 heteroatoms. The highest BCUT2D eigenvalue weighted by Gasteiger charge is 2.23. The summed E-state index contributed by atoms with van der Waals surface area (Å²) < 4.78 is 0. The van der Waals surface area contributed by atoms with Crippen LogP contribution in [0.25, 0.3) is 0 Å². The lowest BCUT2D eigenvalue weighted by atomic mass is 10.1. The second kappa shape index (κ2) is 6.66. The smallest absolute Gasteiger partial charge is 0.145 e. The maximum absolute atomic E-state index is 9.12. The first-order chi connectivity index (χ1) is 11.2. The van der Waals surface area contributed by atoms with Crippen LogP contribution in [0, 0.1) is 31.1 Å². The van der Waals surface area contributed by atoms with E-state index in [0.717, 1.165) is 48.9 Å². The number of nitrogens with one attached hydrogen (secondary N) is 1. The van der Waals surface area contributed by atoms with Gasteiger partial charge in [-0.15, -0.1) is 0 Å². The molecular weight excluding hydrogens is 286 g/mol. The fourth-order valence-electron chi connectivity index (χ4n) is 2.91. The largest absolute Gasteiger partial charge is 0.370 e. The fourth-order valence-corrected chi connectivity index (χ4v) is 2.91. The highest BCUT2D eigenvalue weighted by molar-refractivity contribution is 5.46. The molecule has 0 spiro atoms. The summed E-state index contributed by atoms with van der Waals surface area (Å²) in [4.78, 5) is 11.2. The molecule has 0 radical (unpaired) electrons. The molecule has 1 fully saturated rings. The molecule has 3 rings (SSSR count). The molecular formula is C18H21N5. The molecule has 1 N–H and O–H groups in total. The van der Waals surface area contributed by atoms with Gasteiger partial charge in [0.2, 0.25) is 0 Å². The molecule has 3 heterocycles. The average Bonchev–Trinajstić information content (AvgIpc) is 3.02. The molecule has 1 saturated heterocycles. The predicted molar refractivity (Wildman–Crippen MR) is 91.5 cm³/mol. The first kappa shape index (κ1) is 15.3. The van der Waals surface area contributed by atoms with Crippen molar-refractivity contribution < 1.29 is 0 Å². The van der Waals surface area contributed by atoms with Crippen LogP contribution in [0.15, 0.2) is 30.3 Å². The number of nitriles is 1. The Bertz CT molecular complexity index is 734. The Balaban J connectivity index is 1.59. The van der Waals surface area contributed by atoms with E-state index in [1.54, 1.807) is 0 Å². The lowest BCUT2D eigenvalue weighted by Crippen LogP contribution is -2.23. The molecule has 118 valence electrons. The number of aryl methyl sites for hydroxylation is 2. The molecule has 0 saturated carbocycles. The van der Waals surface area contributed by atoms with Gasteiger partial charge in [0.1, 0.15) is 23.4 Å². The molecule has 0 aromatic carbocycles. The number of hydrogen-bond donors (Lipinski definition) is 1. The number of rotatable bonds is 4. The number of hydrogen-bond acceptors (Lipinski definition) is 5. The van der Waals surface area contributed by atoms with Gasteiger partial charge in [-0.3, -0.25) is 0 Å². The van der Waals surface area contributed by atoms with Crippen LogP contribution in [0.3, 0.4) is 0 Å². The van der Waals surface area contributed by atoms with Gasteiger partial charge in [0, 0.05) is 25.3 Å². The van der Waals surface area contributed by atoms with Crippen molar-refractivity contribution in [2.75, 3.05) is 29.9 Å². The van der Waals surface area contributed by atoms with Crippen molar-refractivity contribution in [1.82, 2.24) is 9.97 Å². The van der Waals surface area contributed by atoms with Crippen LogP contribution in [-0.2, 0) is 0 Å². The third kappa shape index (κ3) is 3.59. The van der Waals surface area contributed by atoms with E-state index in [2.05, 4.69) is 26.3 Å². The van der Waals surface area contributed by atoms with Crippen molar-refractivity contribution in [3.63, 3.8) is 0 Å². The van der Waals surface area contributed by atoms with Gasteiger partial charge in [0.25, 0.3) is 0 Å². The van der Waals surface area contributed by atoms with E-state index in [1.165, 1.54) is 0 Å². The van der Waals surface area contributed by atoms with Gasteiger partial charge < -0.3 is 10.2 Å². The highest BCUT2D eigenvalue weighted by atomic mass is 15.2. The van der Waals surface area contributed by atoms with E-state index in [4.69, 9.17) is 5.26 Å². The van der Waals surface area contributed by atoms with Gasteiger partial charge in [0.05, 0.1) is 0 Å². The van der Waals surface area contributed by atoms with Crippen LogP contribution in [-0.4, -0.2) is 29.6 Å². The monoisotopic (exact) mass is 307 g/mol. The van der Waals surface area contributed by atoms with Crippen LogP contribution in [0.1, 0.15) is 23.4 Å². The van der Waals surface area contributed by atoms with E-state index in [1.807, 2.05) is 44.2 Å². The third-order valence-electron chi connectivity index (χ3n) is 4.26. The van der Waals surface area contributed by atoms with Crippen LogP contribution < -0.4 is 10.2 Å². The van der Waals surface area contributed by atoms with Gasteiger partial charge in [-0.2, -0.15) is 5.26 Å². The first-order valence-electron chi connectivity index (χ1n) is 7.96. The Morgan fingerprint density at radius 3 is 2.91 bits per heavy atom. The zero-order valence-corrected chi connectivity index (χ0v) is 13.6. The summed E-state index contributed by atoms with van der Waals surface area (Å²) in [5.41, 5.74) is 2.48. The van der Waals surface area contributed by atoms with Gasteiger partial charge in [0.15, 0.2) is 0 Å². The summed E-state index contributed by atoms with van der Waals surface area (Å²) in [6.07, 6.45) is 1.12.